The number of nitrogens with zero attached hydrogens (tertiary/aromatic N) is 1. The van der Waals surface area contributed by atoms with Crippen molar-refractivity contribution >= 4 is 17.7 Å². The third kappa shape index (κ3) is 3.77. The van der Waals surface area contributed by atoms with Crippen LogP contribution in [-0.2, 0) is 4.79 Å². The second-order valence-electron chi connectivity index (χ2n) is 3.76. The van der Waals surface area contributed by atoms with Gasteiger partial charge in [-0.3, -0.25) is 4.79 Å². The van der Waals surface area contributed by atoms with Crippen molar-refractivity contribution in [2.24, 2.45) is 0 Å². The van der Waals surface area contributed by atoms with Gasteiger partial charge in [-0.15, -0.1) is 0 Å². The first-order valence-electron chi connectivity index (χ1n) is 5.42. The molecule has 0 atom stereocenters. The number of carbonyl (C=O) groups excluding carboxylic acids is 1. The van der Waals surface area contributed by atoms with Crippen molar-refractivity contribution in [1.29, 1.82) is 0 Å². The molecule has 1 aromatic rings. The van der Waals surface area contributed by atoms with E-state index in [0.29, 0.717) is 5.69 Å². The number of amides is 1. The molecule has 0 saturated heterocycles. The number of hydrogen-bond acceptors (Lipinski definition) is 2. The average Bonchev–Trinajstić information content (AvgIpc) is 2.26. The quantitative estimate of drug-likeness (QED) is 0.621. The van der Waals surface area contributed by atoms with Crippen LogP contribution >= 0.6 is 0 Å². The lowest BCUT2D eigenvalue weighted by atomic mass is 10.2. The van der Waals surface area contributed by atoms with Gasteiger partial charge in [0.25, 0.3) is 0 Å². The van der Waals surface area contributed by atoms with E-state index in [4.69, 9.17) is 5.73 Å². The lowest BCUT2D eigenvalue weighted by Crippen LogP contribution is -2.25. The molecule has 2 N–H and O–H groups in total. The molecule has 0 saturated carbocycles. The van der Waals surface area contributed by atoms with Gasteiger partial charge in [0.2, 0.25) is 5.91 Å². The fraction of sp³-hybridized carbons (Fsp3) is 0.308. The lowest BCUT2D eigenvalue weighted by Gasteiger charge is -2.12. The Morgan fingerprint density at radius 3 is 2.88 bits per heavy atom. The number of rotatable bonds is 4. The molecule has 0 aliphatic heterocycles. The summed E-state index contributed by atoms with van der Waals surface area (Å²) in [5.74, 6) is 0.0178. The summed E-state index contributed by atoms with van der Waals surface area (Å²) in [4.78, 5) is 13.3. The Bertz CT molecular complexity index is 385. The fourth-order valence-corrected chi connectivity index (χ4v) is 1.40. The van der Waals surface area contributed by atoms with E-state index in [1.54, 1.807) is 24.1 Å². The molecule has 3 nitrogen and oxygen atoms in total. The van der Waals surface area contributed by atoms with Crippen LogP contribution < -0.4 is 5.73 Å². The van der Waals surface area contributed by atoms with E-state index < -0.39 is 0 Å². The molecule has 3 heteroatoms. The number of benzene rings is 1. The van der Waals surface area contributed by atoms with Crippen molar-refractivity contribution in [3.8, 4) is 0 Å². The monoisotopic (exact) mass is 218 g/mol. The topological polar surface area (TPSA) is 46.3 Å². The van der Waals surface area contributed by atoms with Gasteiger partial charge in [-0.2, -0.15) is 0 Å². The van der Waals surface area contributed by atoms with Crippen LogP contribution in [0.3, 0.4) is 0 Å². The number of carbonyl (C=O) groups is 1. The van der Waals surface area contributed by atoms with Crippen molar-refractivity contribution in [1.82, 2.24) is 4.90 Å². The minimum Gasteiger partial charge on any atom is -0.399 e. The van der Waals surface area contributed by atoms with Crippen LogP contribution in [0.2, 0.25) is 0 Å². The third-order valence-electron chi connectivity index (χ3n) is 2.26. The summed E-state index contributed by atoms with van der Waals surface area (Å²) >= 11 is 0. The zero-order valence-electron chi connectivity index (χ0n) is 9.81. The summed E-state index contributed by atoms with van der Waals surface area (Å²) in [7, 11) is 1.80. The maximum atomic E-state index is 11.6. The highest BCUT2D eigenvalue weighted by atomic mass is 16.2. The summed E-state index contributed by atoms with van der Waals surface area (Å²) < 4.78 is 0. The molecular weight excluding hydrogens is 200 g/mol. The maximum Gasteiger partial charge on any atom is 0.246 e. The number of nitrogens with two attached hydrogens (primary N) is 1. The Labute approximate surface area is 96.6 Å². The Kier molecular flexibility index (Phi) is 4.58. The van der Waals surface area contributed by atoms with Crippen LogP contribution in [0, 0.1) is 0 Å². The standard InChI is InChI=1S/C13H18N2O/c1-3-9-15(2)13(16)8-7-11-5-4-6-12(14)10-11/h4-8,10H,3,9,14H2,1-2H3/b8-7+. The van der Waals surface area contributed by atoms with E-state index in [1.807, 2.05) is 31.2 Å². The van der Waals surface area contributed by atoms with Crippen LogP contribution in [0.4, 0.5) is 5.69 Å². The molecule has 0 aliphatic carbocycles. The summed E-state index contributed by atoms with van der Waals surface area (Å²) in [5.41, 5.74) is 7.29. The fourth-order valence-electron chi connectivity index (χ4n) is 1.40. The van der Waals surface area contributed by atoms with Gasteiger partial charge >= 0.3 is 0 Å². The number of anilines is 1. The van der Waals surface area contributed by atoms with Crippen molar-refractivity contribution in [2.75, 3.05) is 19.3 Å². The number of likely N-dealkylation sites (N-methyl/N-ethyl adjacent to an activating group) is 1. The maximum absolute atomic E-state index is 11.6. The van der Waals surface area contributed by atoms with Crippen molar-refractivity contribution in [3.05, 3.63) is 35.9 Å². The van der Waals surface area contributed by atoms with E-state index in [1.165, 1.54) is 0 Å². The molecule has 0 aliphatic rings. The molecule has 0 aromatic heterocycles. The van der Waals surface area contributed by atoms with Crippen molar-refractivity contribution < 1.29 is 4.79 Å². The highest BCUT2D eigenvalue weighted by Crippen LogP contribution is 2.08. The smallest absolute Gasteiger partial charge is 0.246 e. The molecule has 86 valence electrons. The van der Waals surface area contributed by atoms with E-state index in [-0.39, 0.29) is 5.91 Å². The van der Waals surface area contributed by atoms with Gasteiger partial charge in [0, 0.05) is 25.4 Å². The first-order chi connectivity index (χ1) is 7.63. The number of hydrogen-bond donors (Lipinski definition) is 1. The Morgan fingerprint density at radius 1 is 1.50 bits per heavy atom. The predicted octanol–water partition coefficient (Wildman–Crippen LogP) is 2.15. The van der Waals surface area contributed by atoms with Crippen LogP contribution in [0.25, 0.3) is 6.08 Å². The lowest BCUT2D eigenvalue weighted by molar-refractivity contribution is -0.124. The van der Waals surface area contributed by atoms with Gasteiger partial charge in [0.05, 0.1) is 0 Å². The normalized spacial score (nSPS) is 10.6. The second kappa shape index (κ2) is 5.95. The van der Waals surface area contributed by atoms with Gasteiger partial charge in [-0.1, -0.05) is 19.1 Å². The summed E-state index contributed by atoms with van der Waals surface area (Å²) in [6.07, 6.45) is 4.32. The highest BCUT2D eigenvalue weighted by Gasteiger charge is 2.01. The zero-order chi connectivity index (χ0) is 12.0. The van der Waals surface area contributed by atoms with Gasteiger partial charge in [-0.05, 0) is 30.2 Å². The van der Waals surface area contributed by atoms with Gasteiger partial charge < -0.3 is 10.6 Å². The predicted molar refractivity (Wildman–Crippen MR) is 67.8 cm³/mol. The van der Waals surface area contributed by atoms with Crippen molar-refractivity contribution in [3.63, 3.8) is 0 Å². The van der Waals surface area contributed by atoms with E-state index >= 15 is 0 Å². The minimum atomic E-state index is 0.0178. The Hall–Kier alpha value is -1.77. The zero-order valence-corrected chi connectivity index (χ0v) is 9.81. The summed E-state index contributed by atoms with van der Waals surface area (Å²) in [5, 5.41) is 0. The highest BCUT2D eigenvalue weighted by molar-refractivity contribution is 5.91. The summed E-state index contributed by atoms with van der Waals surface area (Å²) in [6.45, 7) is 2.82. The first kappa shape index (κ1) is 12.3. The molecule has 0 radical (unpaired) electrons. The molecule has 1 amide bonds. The molecule has 1 aromatic carbocycles. The minimum absolute atomic E-state index is 0.0178. The molecule has 0 fully saturated rings. The average molecular weight is 218 g/mol. The molecule has 16 heavy (non-hydrogen) atoms. The van der Waals surface area contributed by atoms with Gasteiger partial charge in [0.1, 0.15) is 0 Å². The van der Waals surface area contributed by atoms with Crippen LogP contribution in [0.1, 0.15) is 18.9 Å². The van der Waals surface area contributed by atoms with Gasteiger partial charge in [0.15, 0.2) is 0 Å². The van der Waals surface area contributed by atoms with E-state index in [9.17, 15) is 4.79 Å². The molecule has 0 heterocycles. The summed E-state index contributed by atoms with van der Waals surface area (Å²) in [6, 6.07) is 7.45. The third-order valence-corrected chi connectivity index (χ3v) is 2.26. The molecule has 0 unspecified atom stereocenters. The first-order valence-corrected chi connectivity index (χ1v) is 5.42. The van der Waals surface area contributed by atoms with Crippen LogP contribution in [-0.4, -0.2) is 24.4 Å². The van der Waals surface area contributed by atoms with Crippen LogP contribution in [0.15, 0.2) is 30.3 Å². The largest absolute Gasteiger partial charge is 0.399 e. The van der Waals surface area contributed by atoms with Crippen molar-refractivity contribution in [2.45, 2.75) is 13.3 Å². The Balaban J connectivity index is 2.63. The SMILES string of the molecule is CCCN(C)C(=O)/C=C/c1cccc(N)c1. The molecule has 1 rings (SSSR count). The number of nitrogen functional groups attached to an aromatic ring is 1. The second-order valence-corrected chi connectivity index (χ2v) is 3.76. The van der Waals surface area contributed by atoms with Gasteiger partial charge in [-0.25, -0.2) is 0 Å². The van der Waals surface area contributed by atoms with Crippen LogP contribution in [0.5, 0.6) is 0 Å². The van der Waals surface area contributed by atoms with E-state index in [0.717, 1.165) is 18.5 Å². The molecule has 0 spiro atoms. The Morgan fingerprint density at radius 2 is 2.25 bits per heavy atom. The van der Waals surface area contributed by atoms with E-state index in [2.05, 4.69) is 0 Å². The molecule has 0 bridgehead atoms. The molecular formula is C13H18N2O.